The first-order chi connectivity index (χ1) is 7.63. The molecule has 1 aromatic heterocycles. The maximum absolute atomic E-state index is 11.7. The van der Waals surface area contributed by atoms with Gasteiger partial charge in [0.25, 0.3) is 0 Å². The highest BCUT2D eigenvalue weighted by Gasteiger charge is 2.14. The number of thiazole rings is 1. The monoisotopic (exact) mass is 258 g/mol. The zero-order valence-electron chi connectivity index (χ0n) is 9.90. The van der Waals surface area contributed by atoms with Crippen molar-refractivity contribution in [3.63, 3.8) is 0 Å². The first kappa shape index (κ1) is 13.5. The summed E-state index contributed by atoms with van der Waals surface area (Å²) < 4.78 is 0. The van der Waals surface area contributed by atoms with E-state index in [4.69, 9.17) is 0 Å². The summed E-state index contributed by atoms with van der Waals surface area (Å²) in [5.74, 6) is 0.625. The summed E-state index contributed by atoms with van der Waals surface area (Å²) in [6, 6.07) is 0.0697. The summed E-state index contributed by atoms with van der Waals surface area (Å²) >= 11 is 3.25. The van der Waals surface area contributed by atoms with Gasteiger partial charge >= 0.3 is 0 Å². The van der Waals surface area contributed by atoms with Crippen molar-refractivity contribution in [1.82, 2.24) is 10.3 Å². The molecular weight excluding hydrogens is 240 g/mol. The maximum Gasteiger partial charge on any atom is 0.230 e. The van der Waals surface area contributed by atoms with Gasteiger partial charge in [-0.05, 0) is 11.7 Å². The number of amides is 1. The van der Waals surface area contributed by atoms with E-state index in [2.05, 4.69) is 31.1 Å². The second-order valence-electron chi connectivity index (χ2n) is 3.76. The van der Waals surface area contributed by atoms with Crippen LogP contribution in [0.2, 0.25) is 0 Å². The Bertz CT molecular complexity index is 312. The molecule has 1 N–H and O–H groups in total. The Labute approximate surface area is 105 Å². The lowest BCUT2D eigenvalue weighted by molar-refractivity contribution is -0.119. The van der Waals surface area contributed by atoms with Crippen LogP contribution >= 0.6 is 23.1 Å². The van der Waals surface area contributed by atoms with Crippen molar-refractivity contribution in [1.29, 1.82) is 0 Å². The van der Waals surface area contributed by atoms with E-state index in [1.807, 2.05) is 5.38 Å². The van der Waals surface area contributed by atoms with Crippen LogP contribution in [-0.2, 0) is 4.79 Å². The van der Waals surface area contributed by atoms with Gasteiger partial charge in [0.2, 0.25) is 5.91 Å². The number of carbonyl (C=O) groups excluding carboxylic acids is 1. The van der Waals surface area contributed by atoms with Crippen LogP contribution in [-0.4, -0.2) is 21.9 Å². The van der Waals surface area contributed by atoms with E-state index < -0.39 is 0 Å². The Morgan fingerprint density at radius 2 is 2.38 bits per heavy atom. The van der Waals surface area contributed by atoms with Crippen molar-refractivity contribution in [2.24, 2.45) is 0 Å². The lowest BCUT2D eigenvalue weighted by Crippen LogP contribution is -2.29. The number of carbonyl (C=O) groups is 1. The van der Waals surface area contributed by atoms with Gasteiger partial charge < -0.3 is 5.32 Å². The Morgan fingerprint density at radius 3 is 2.88 bits per heavy atom. The number of nitrogens with zero attached hydrogens (tertiary/aromatic N) is 1. The summed E-state index contributed by atoms with van der Waals surface area (Å²) in [6.07, 6.45) is 2.66. The molecule has 0 bridgehead atoms. The second kappa shape index (κ2) is 6.91. The molecule has 1 heterocycles. The molecule has 0 aromatic carbocycles. The van der Waals surface area contributed by atoms with Gasteiger partial charge in [0.1, 0.15) is 5.01 Å². The second-order valence-corrected chi connectivity index (χ2v) is 6.25. The van der Waals surface area contributed by atoms with Gasteiger partial charge in [0.15, 0.2) is 0 Å². The zero-order chi connectivity index (χ0) is 12.0. The van der Waals surface area contributed by atoms with Crippen molar-refractivity contribution in [3.8, 4) is 0 Å². The predicted octanol–water partition coefficient (Wildman–Crippen LogP) is 2.85. The molecular formula is C11H18N2OS2. The summed E-state index contributed by atoms with van der Waals surface area (Å²) in [5, 5.41) is 6.43. The van der Waals surface area contributed by atoms with E-state index in [0.717, 1.165) is 11.4 Å². The standard InChI is InChI=1S/C11H18N2OS2/c1-4-9(11-12-5-6-15-11)13-10(14)7-16-8(2)3/h5-6,8-9H,4,7H2,1-3H3,(H,13,14). The molecule has 16 heavy (non-hydrogen) atoms. The van der Waals surface area contributed by atoms with Crippen molar-refractivity contribution in [3.05, 3.63) is 16.6 Å². The Balaban J connectivity index is 2.42. The molecule has 1 rings (SSSR count). The predicted molar refractivity (Wildman–Crippen MR) is 70.9 cm³/mol. The molecule has 1 unspecified atom stereocenters. The van der Waals surface area contributed by atoms with Gasteiger partial charge in [0, 0.05) is 11.6 Å². The normalized spacial score (nSPS) is 12.8. The van der Waals surface area contributed by atoms with E-state index in [1.165, 1.54) is 0 Å². The van der Waals surface area contributed by atoms with Crippen molar-refractivity contribution < 1.29 is 4.79 Å². The highest BCUT2D eigenvalue weighted by atomic mass is 32.2. The summed E-state index contributed by atoms with van der Waals surface area (Å²) in [4.78, 5) is 15.9. The molecule has 0 spiro atoms. The summed E-state index contributed by atoms with van der Waals surface area (Å²) in [6.45, 7) is 6.24. The molecule has 0 aliphatic rings. The number of rotatable bonds is 6. The molecule has 0 aliphatic carbocycles. The highest BCUT2D eigenvalue weighted by Crippen LogP contribution is 2.19. The lowest BCUT2D eigenvalue weighted by atomic mass is 10.2. The number of hydrogen-bond donors (Lipinski definition) is 1. The maximum atomic E-state index is 11.7. The minimum absolute atomic E-state index is 0.0697. The molecule has 90 valence electrons. The minimum Gasteiger partial charge on any atom is -0.346 e. The van der Waals surface area contributed by atoms with Crippen LogP contribution in [0.4, 0.5) is 0 Å². The van der Waals surface area contributed by atoms with E-state index in [1.54, 1.807) is 29.3 Å². The molecule has 3 nitrogen and oxygen atoms in total. The Kier molecular flexibility index (Phi) is 5.84. The molecule has 0 saturated heterocycles. The zero-order valence-corrected chi connectivity index (χ0v) is 11.5. The topological polar surface area (TPSA) is 42.0 Å². The first-order valence-corrected chi connectivity index (χ1v) is 7.36. The van der Waals surface area contributed by atoms with Gasteiger partial charge in [-0.3, -0.25) is 4.79 Å². The van der Waals surface area contributed by atoms with Crippen LogP contribution in [0.1, 0.15) is 38.2 Å². The SMILES string of the molecule is CCC(NC(=O)CSC(C)C)c1nccs1. The fourth-order valence-corrected chi connectivity index (χ4v) is 2.56. The van der Waals surface area contributed by atoms with Gasteiger partial charge in [-0.25, -0.2) is 4.98 Å². The smallest absolute Gasteiger partial charge is 0.230 e. The van der Waals surface area contributed by atoms with E-state index >= 15 is 0 Å². The number of nitrogens with one attached hydrogen (secondary N) is 1. The van der Waals surface area contributed by atoms with E-state index in [9.17, 15) is 4.79 Å². The molecule has 5 heteroatoms. The largest absolute Gasteiger partial charge is 0.346 e. The highest BCUT2D eigenvalue weighted by molar-refractivity contribution is 8.00. The fraction of sp³-hybridized carbons (Fsp3) is 0.636. The molecule has 0 aliphatic heterocycles. The third kappa shape index (κ3) is 4.53. The van der Waals surface area contributed by atoms with Crippen LogP contribution < -0.4 is 5.32 Å². The molecule has 1 amide bonds. The minimum atomic E-state index is 0.0697. The molecule has 1 atom stereocenters. The molecule has 1 aromatic rings. The van der Waals surface area contributed by atoms with Gasteiger partial charge in [-0.2, -0.15) is 0 Å². The fourth-order valence-electron chi connectivity index (χ4n) is 1.22. The summed E-state index contributed by atoms with van der Waals surface area (Å²) in [7, 11) is 0. The van der Waals surface area contributed by atoms with Gasteiger partial charge in [-0.15, -0.1) is 23.1 Å². The van der Waals surface area contributed by atoms with Crippen LogP contribution in [0.25, 0.3) is 0 Å². The number of aromatic nitrogens is 1. The van der Waals surface area contributed by atoms with Crippen LogP contribution in [0, 0.1) is 0 Å². The van der Waals surface area contributed by atoms with E-state index in [0.29, 0.717) is 11.0 Å². The van der Waals surface area contributed by atoms with Crippen molar-refractivity contribution in [2.75, 3.05) is 5.75 Å². The van der Waals surface area contributed by atoms with Crippen LogP contribution in [0.5, 0.6) is 0 Å². The third-order valence-corrected chi connectivity index (χ3v) is 4.03. The van der Waals surface area contributed by atoms with E-state index in [-0.39, 0.29) is 11.9 Å². The number of hydrogen-bond acceptors (Lipinski definition) is 4. The Hall–Kier alpha value is -0.550. The Morgan fingerprint density at radius 1 is 1.62 bits per heavy atom. The van der Waals surface area contributed by atoms with Crippen LogP contribution in [0.3, 0.4) is 0 Å². The molecule has 0 fully saturated rings. The van der Waals surface area contributed by atoms with Gasteiger partial charge in [0.05, 0.1) is 11.8 Å². The first-order valence-electron chi connectivity index (χ1n) is 5.43. The average molecular weight is 258 g/mol. The lowest BCUT2D eigenvalue weighted by Gasteiger charge is -2.14. The third-order valence-electron chi connectivity index (χ3n) is 2.04. The number of thioether (sulfide) groups is 1. The van der Waals surface area contributed by atoms with Crippen molar-refractivity contribution in [2.45, 2.75) is 38.5 Å². The average Bonchev–Trinajstić information content (AvgIpc) is 2.76. The summed E-state index contributed by atoms with van der Waals surface area (Å²) in [5.41, 5.74) is 0. The van der Waals surface area contributed by atoms with Crippen LogP contribution in [0.15, 0.2) is 11.6 Å². The van der Waals surface area contributed by atoms with Crippen molar-refractivity contribution >= 4 is 29.0 Å². The molecule has 0 saturated carbocycles. The quantitative estimate of drug-likeness (QED) is 0.853. The molecule has 0 radical (unpaired) electrons. The van der Waals surface area contributed by atoms with Gasteiger partial charge in [-0.1, -0.05) is 20.8 Å².